The largest absolute Gasteiger partial charge is 0.486 e. The van der Waals surface area contributed by atoms with E-state index < -0.39 is 11.8 Å². The number of rotatable bonds is 5. The summed E-state index contributed by atoms with van der Waals surface area (Å²) in [6.45, 7) is 1.92. The highest BCUT2D eigenvalue weighted by Crippen LogP contribution is 2.21. The zero-order valence-corrected chi connectivity index (χ0v) is 11.0. The third-order valence-electron chi connectivity index (χ3n) is 2.29. The van der Waals surface area contributed by atoms with Gasteiger partial charge in [0.25, 0.3) is 0 Å². The molecular weight excluding hydrogens is 259 g/mol. The summed E-state index contributed by atoms with van der Waals surface area (Å²) < 4.78 is 23.2. The molecule has 98 valence electrons. The lowest BCUT2D eigenvalue weighted by Gasteiger charge is -2.06. The van der Waals surface area contributed by atoms with Crippen molar-refractivity contribution in [3.63, 3.8) is 0 Å². The van der Waals surface area contributed by atoms with E-state index in [0.29, 0.717) is 17.0 Å². The molecule has 0 aromatic heterocycles. The Morgan fingerprint density at radius 1 is 1.50 bits per heavy atom. The predicted molar refractivity (Wildman–Crippen MR) is 67.3 cm³/mol. The van der Waals surface area contributed by atoms with E-state index in [-0.39, 0.29) is 12.4 Å². The minimum Gasteiger partial charge on any atom is -0.486 e. The van der Waals surface area contributed by atoms with Crippen molar-refractivity contribution in [3.05, 3.63) is 40.7 Å². The molecule has 0 fully saturated rings. The zero-order valence-electron chi connectivity index (χ0n) is 10.2. The summed E-state index contributed by atoms with van der Waals surface area (Å²) in [4.78, 5) is 11.3. The smallest absolute Gasteiger partial charge is 0.333 e. The maximum absolute atomic E-state index is 13.4. The fourth-order valence-electron chi connectivity index (χ4n) is 1.33. The molecule has 0 spiro atoms. The van der Waals surface area contributed by atoms with E-state index in [0.717, 1.165) is 0 Å². The van der Waals surface area contributed by atoms with Crippen molar-refractivity contribution in [2.45, 2.75) is 13.3 Å². The van der Waals surface area contributed by atoms with Crippen molar-refractivity contribution < 1.29 is 18.7 Å². The lowest BCUT2D eigenvalue weighted by atomic mass is 10.2. The first-order chi connectivity index (χ1) is 8.58. The molecule has 0 aliphatic rings. The molecule has 0 amide bonds. The van der Waals surface area contributed by atoms with Gasteiger partial charge in [-0.25, -0.2) is 9.18 Å². The first kappa shape index (κ1) is 14.5. The van der Waals surface area contributed by atoms with Gasteiger partial charge in [0.15, 0.2) is 11.6 Å². The molecule has 0 atom stereocenters. The Balaban J connectivity index is 2.65. The van der Waals surface area contributed by atoms with Crippen molar-refractivity contribution in [2.75, 3.05) is 13.7 Å². The van der Waals surface area contributed by atoms with E-state index in [9.17, 15) is 9.18 Å². The van der Waals surface area contributed by atoms with Gasteiger partial charge >= 0.3 is 5.97 Å². The van der Waals surface area contributed by atoms with Gasteiger partial charge in [0.05, 0.1) is 7.11 Å². The maximum atomic E-state index is 13.4. The van der Waals surface area contributed by atoms with Crippen molar-refractivity contribution in [1.29, 1.82) is 0 Å². The standard InChI is InChI=1S/C13H14ClFO3/c1-3-9(13(16)17-2)6-7-18-12-5-4-10(14)8-11(12)15/h4-6,8H,3,7H2,1-2H3/b9-6-. The van der Waals surface area contributed by atoms with Crippen LogP contribution in [0.2, 0.25) is 5.02 Å². The van der Waals surface area contributed by atoms with Crippen LogP contribution in [0.4, 0.5) is 4.39 Å². The molecule has 0 aliphatic carbocycles. The number of esters is 1. The van der Waals surface area contributed by atoms with Gasteiger partial charge < -0.3 is 9.47 Å². The van der Waals surface area contributed by atoms with Crippen molar-refractivity contribution in [1.82, 2.24) is 0 Å². The van der Waals surface area contributed by atoms with Crippen LogP contribution in [0, 0.1) is 5.82 Å². The minimum atomic E-state index is -0.535. The van der Waals surface area contributed by atoms with Gasteiger partial charge in [-0.05, 0) is 30.7 Å². The Kier molecular flexibility index (Phi) is 5.65. The van der Waals surface area contributed by atoms with Crippen LogP contribution in [0.1, 0.15) is 13.3 Å². The monoisotopic (exact) mass is 272 g/mol. The highest BCUT2D eigenvalue weighted by Gasteiger charge is 2.07. The van der Waals surface area contributed by atoms with Gasteiger partial charge in [-0.15, -0.1) is 0 Å². The van der Waals surface area contributed by atoms with Crippen LogP contribution >= 0.6 is 11.6 Å². The molecule has 0 radical (unpaired) electrons. The summed E-state index contributed by atoms with van der Waals surface area (Å²) in [5.41, 5.74) is 0.492. The third kappa shape index (κ3) is 4.04. The molecule has 0 bridgehead atoms. The maximum Gasteiger partial charge on any atom is 0.333 e. The lowest BCUT2D eigenvalue weighted by molar-refractivity contribution is -0.136. The highest BCUT2D eigenvalue weighted by atomic mass is 35.5. The molecule has 0 N–H and O–H groups in total. The SMILES string of the molecule is CC/C(=C/COc1ccc(Cl)cc1F)C(=O)OC. The molecule has 0 heterocycles. The molecule has 1 rings (SSSR count). The molecule has 18 heavy (non-hydrogen) atoms. The van der Waals surface area contributed by atoms with Crippen LogP contribution in [0.25, 0.3) is 0 Å². The Bertz CT molecular complexity index is 458. The summed E-state index contributed by atoms with van der Waals surface area (Å²) >= 11 is 5.62. The number of ether oxygens (including phenoxy) is 2. The lowest BCUT2D eigenvalue weighted by Crippen LogP contribution is -2.06. The normalized spacial score (nSPS) is 11.2. The Morgan fingerprint density at radius 3 is 2.78 bits per heavy atom. The molecule has 0 aliphatic heterocycles. The van der Waals surface area contributed by atoms with Gasteiger partial charge in [0.2, 0.25) is 0 Å². The Labute approximate surface area is 110 Å². The Hall–Kier alpha value is -1.55. The molecule has 3 nitrogen and oxygen atoms in total. The minimum absolute atomic E-state index is 0.0935. The fourth-order valence-corrected chi connectivity index (χ4v) is 1.49. The molecule has 1 aromatic carbocycles. The van der Waals surface area contributed by atoms with Crippen LogP contribution in [0.3, 0.4) is 0 Å². The summed E-state index contributed by atoms with van der Waals surface area (Å²) in [5, 5.41) is 0.305. The predicted octanol–water partition coefficient (Wildman–Crippen LogP) is 3.37. The molecule has 0 saturated carbocycles. The van der Waals surface area contributed by atoms with E-state index in [1.165, 1.54) is 25.3 Å². The molecule has 1 aromatic rings. The number of hydrogen-bond acceptors (Lipinski definition) is 3. The second kappa shape index (κ2) is 7.01. The molecule has 0 saturated heterocycles. The van der Waals surface area contributed by atoms with Crippen molar-refractivity contribution >= 4 is 17.6 Å². The van der Waals surface area contributed by atoms with Crippen LogP contribution in [0.5, 0.6) is 5.75 Å². The third-order valence-corrected chi connectivity index (χ3v) is 2.53. The second-order valence-electron chi connectivity index (χ2n) is 3.46. The van der Waals surface area contributed by atoms with Crippen LogP contribution in [-0.2, 0) is 9.53 Å². The van der Waals surface area contributed by atoms with Gasteiger partial charge in [0.1, 0.15) is 6.61 Å². The number of carbonyl (C=O) groups is 1. The van der Waals surface area contributed by atoms with Gasteiger partial charge in [-0.2, -0.15) is 0 Å². The molecule has 5 heteroatoms. The summed E-state index contributed by atoms with van der Waals surface area (Å²) in [7, 11) is 1.31. The number of hydrogen-bond donors (Lipinski definition) is 0. The quantitative estimate of drug-likeness (QED) is 0.609. The van der Waals surface area contributed by atoms with E-state index in [1.807, 2.05) is 6.92 Å². The first-order valence-corrected chi connectivity index (χ1v) is 5.81. The fraction of sp³-hybridized carbons (Fsp3) is 0.308. The zero-order chi connectivity index (χ0) is 13.5. The van der Waals surface area contributed by atoms with Gasteiger partial charge in [-0.1, -0.05) is 18.5 Å². The summed E-state index contributed by atoms with van der Waals surface area (Å²) in [6.07, 6.45) is 2.10. The molecule has 0 unspecified atom stereocenters. The highest BCUT2D eigenvalue weighted by molar-refractivity contribution is 6.30. The van der Waals surface area contributed by atoms with Crippen LogP contribution in [0.15, 0.2) is 29.8 Å². The van der Waals surface area contributed by atoms with Crippen LogP contribution in [-0.4, -0.2) is 19.7 Å². The van der Waals surface area contributed by atoms with E-state index in [1.54, 1.807) is 6.08 Å². The van der Waals surface area contributed by atoms with Crippen molar-refractivity contribution in [3.8, 4) is 5.75 Å². The molecular formula is C13H14ClFO3. The van der Waals surface area contributed by atoms with Crippen LogP contribution < -0.4 is 4.74 Å². The van der Waals surface area contributed by atoms with E-state index >= 15 is 0 Å². The number of halogens is 2. The topological polar surface area (TPSA) is 35.5 Å². The average molecular weight is 273 g/mol. The summed E-state index contributed by atoms with van der Waals surface area (Å²) in [6, 6.07) is 4.14. The summed E-state index contributed by atoms with van der Waals surface area (Å²) in [5.74, 6) is -0.847. The number of methoxy groups -OCH3 is 1. The Morgan fingerprint density at radius 2 is 2.22 bits per heavy atom. The van der Waals surface area contributed by atoms with E-state index in [4.69, 9.17) is 16.3 Å². The van der Waals surface area contributed by atoms with E-state index in [2.05, 4.69) is 4.74 Å². The average Bonchev–Trinajstić information content (AvgIpc) is 2.36. The first-order valence-electron chi connectivity index (χ1n) is 5.43. The van der Waals surface area contributed by atoms with Crippen molar-refractivity contribution in [2.24, 2.45) is 0 Å². The van der Waals surface area contributed by atoms with Gasteiger partial charge in [0, 0.05) is 10.6 Å². The number of carbonyl (C=O) groups excluding carboxylic acids is 1. The second-order valence-corrected chi connectivity index (χ2v) is 3.90. The van der Waals surface area contributed by atoms with Gasteiger partial charge in [-0.3, -0.25) is 0 Å². The number of benzene rings is 1.